The summed E-state index contributed by atoms with van der Waals surface area (Å²) in [6.07, 6.45) is 2.80. The molecule has 1 atom stereocenters. The van der Waals surface area contributed by atoms with Crippen molar-refractivity contribution in [2.24, 2.45) is 5.92 Å². The van der Waals surface area contributed by atoms with Crippen LogP contribution in [0.25, 0.3) is 0 Å². The third kappa shape index (κ3) is 3.19. The van der Waals surface area contributed by atoms with E-state index in [9.17, 15) is 0 Å². The predicted molar refractivity (Wildman–Crippen MR) is 68.8 cm³/mol. The van der Waals surface area contributed by atoms with Gasteiger partial charge in [0, 0.05) is 32.2 Å². The molecule has 0 aromatic carbocycles. The van der Waals surface area contributed by atoms with E-state index in [1.807, 2.05) is 0 Å². The standard InChI is InChI=1S/C13H27N3/c1-12-10-15(3)8-9-16(12)11-13-4-6-14(2)7-5-13/h12-13H,4-11H2,1-3H3. The summed E-state index contributed by atoms with van der Waals surface area (Å²) in [7, 11) is 4.48. The molecule has 2 rings (SSSR count). The van der Waals surface area contributed by atoms with Crippen molar-refractivity contribution in [3.63, 3.8) is 0 Å². The SMILES string of the molecule is CC1CN(C)CCN1CC1CCN(C)CC1. The van der Waals surface area contributed by atoms with Crippen LogP contribution in [-0.2, 0) is 0 Å². The first-order valence-electron chi connectivity index (χ1n) is 6.76. The van der Waals surface area contributed by atoms with E-state index in [0.29, 0.717) is 0 Å². The van der Waals surface area contributed by atoms with Gasteiger partial charge >= 0.3 is 0 Å². The van der Waals surface area contributed by atoms with Crippen molar-refractivity contribution in [1.82, 2.24) is 14.7 Å². The molecule has 2 fully saturated rings. The van der Waals surface area contributed by atoms with Crippen molar-refractivity contribution in [1.29, 1.82) is 0 Å². The Balaban J connectivity index is 1.76. The monoisotopic (exact) mass is 225 g/mol. The summed E-state index contributed by atoms with van der Waals surface area (Å²) in [5.74, 6) is 0.946. The fourth-order valence-corrected chi connectivity index (χ4v) is 3.02. The fourth-order valence-electron chi connectivity index (χ4n) is 3.02. The molecular weight excluding hydrogens is 198 g/mol. The molecule has 3 heteroatoms. The largest absolute Gasteiger partial charge is 0.306 e. The van der Waals surface area contributed by atoms with Crippen LogP contribution in [0.4, 0.5) is 0 Å². The van der Waals surface area contributed by atoms with Crippen LogP contribution in [0.5, 0.6) is 0 Å². The van der Waals surface area contributed by atoms with Gasteiger partial charge in [-0.1, -0.05) is 0 Å². The lowest BCUT2D eigenvalue weighted by Crippen LogP contribution is -2.52. The van der Waals surface area contributed by atoms with Crippen molar-refractivity contribution in [3.8, 4) is 0 Å². The second-order valence-corrected chi connectivity index (χ2v) is 5.85. The highest BCUT2D eigenvalue weighted by atomic mass is 15.3. The summed E-state index contributed by atoms with van der Waals surface area (Å²) in [4.78, 5) is 7.62. The van der Waals surface area contributed by atoms with Crippen LogP contribution >= 0.6 is 0 Å². The number of likely N-dealkylation sites (tertiary alicyclic amines) is 1. The van der Waals surface area contributed by atoms with Crippen molar-refractivity contribution < 1.29 is 0 Å². The van der Waals surface area contributed by atoms with Crippen molar-refractivity contribution in [3.05, 3.63) is 0 Å². The first-order chi connectivity index (χ1) is 7.65. The van der Waals surface area contributed by atoms with E-state index < -0.39 is 0 Å². The minimum absolute atomic E-state index is 0.749. The molecule has 0 N–H and O–H groups in total. The van der Waals surface area contributed by atoms with Gasteiger partial charge in [0.25, 0.3) is 0 Å². The summed E-state index contributed by atoms with van der Waals surface area (Å²) in [6, 6.07) is 0.749. The molecule has 0 radical (unpaired) electrons. The van der Waals surface area contributed by atoms with Crippen LogP contribution < -0.4 is 0 Å². The molecule has 2 aliphatic heterocycles. The first-order valence-corrected chi connectivity index (χ1v) is 6.76. The molecule has 0 bridgehead atoms. The number of rotatable bonds is 2. The van der Waals surface area contributed by atoms with Gasteiger partial charge in [-0.25, -0.2) is 0 Å². The number of hydrogen-bond acceptors (Lipinski definition) is 3. The molecule has 0 aliphatic carbocycles. The first kappa shape index (κ1) is 12.3. The minimum atomic E-state index is 0.749. The lowest BCUT2D eigenvalue weighted by Gasteiger charge is -2.41. The van der Waals surface area contributed by atoms with Crippen LogP contribution in [0, 0.1) is 5.92 Å². The zero-order valence-electron chi connectivity index (χ0n) is 11.2. The van der Waals surface area contributed by atoms with Crippen molar-refractivity contribution in [2.75, 3.05) is 53.4 Å². The normalized spacial score (nSPS) is 32.1. The molecule has 3 nitrogen and oxygen atoms in total. The highest BCUT2D eigenvalue weighted by Gasteiger charge is 2.25. The van der Waals surface area contributed by atoms with Gasteiger partial charge in [-0.15, -0.1) is 0 Å². The molecule has 2 saturated heterocycles. The van der Waals surface area contributed by atoms with Gasteiger partial charge in [0.05, 0.1) is 0 Å². The quantitative estimate of drug-likeness (QED) is 0.693. The molecule has 0 spiro atoms. The zero-order chi connectivity index (χ0) is 11.5. The Morgan fingerprint density at radius 3 is 2.25 bits per heavy atom. The number of likely N-dealkylation sites (N-methyl/N-ethyl adjacent to an activating group) is 1. The molecule has 0 amide bonds. The van der Waals surface area contributed by atoms with Crippen LogP contribution in [-0.4, -0.2) is 74.1 Å². The number of hydrogen-bond donors (Lipinski definition) is 0. The van der Waals surface area contributed by atoms with Gasteiger partial charge in [-0.3, -0.25) is 4.90 Å². The minimum Gasteiger partial charge on any atom is -0.306 e. The van der Waals surface area contributed by atoms with Crippen LogP contribution in [0.15, 0.2) is 0 Å². The van der Waals surface area contributed by atoms with E-state index in [0.717, 1.165) is 12.0 Å². The molecule has 0 aromatic rings. The lowest BCUT2D eigenvalue weighted by atomic mass is 9.95. The molecule has 1 unspecified atom stereocenters. The Hall–Kier alpha value is -0.120. The Labute approximate surface area is 100 Å². The van der Waals surface area contributed by atoms with Crippen molar-refractivity contribution >= 4 is 0 Å². The van der Waals surface area contributed by atoms with Gasteiger partial charge in [0.15, 0.2) is 0 Å². The number of nitrogens with zero attached hydrogens (tertiary/aromatic N) is 3. The van der Waals surface area contributed by atoms with Crippen LogP contribution in [0.2, 0.25) is 0 Å². The van der Waals surface area contributed by atoms with Crippen LogP contribution in [0.3, 0.4) is 0 Å². The zero-order valence-corrected chi connectivity index (χ0v) is 11.2. The molecule has 0 aromatic heterocycles. The highest BCUT2D eigenvalue weighted by molar-refractivity contribution is 4.81. The van der Waals surface area contributed by atoms with Gasteiger partial charge in [-0.2, -0.15) is 0 Å². The fraction of sp³-hybridized carbons (Fsp3) is 1.00. The molecular formula is C13H27N3. The predicted octanol–water partition coefficient (Wildman–Crippen LogP) is 0.964. The molecule has 2 heterocycles. The average Bonchev–Trinajstić information content (AvgIpc) is 2.25. The summed E-state index contributed by atoms with van der Waals surface area (Å²) in [6.45, 7) is 10.1. The summed E-state index contributed by atoms with van der Waals surface area (Å²) in [5, 5.41) is 0. The van der Waals surface area contributed by atoms with Crippen LogP contribution in [0.1, 0.15) is 19.8 Å². The Morgan fingerprint density at radius 1 is 0.938 bits per heavy atom. The summed E-state index contributed by atoms with van der Waals surface area (Å²) in [5.41, 5.74) is 0. The topological polar surface area (TPSA) is 9.72 Å². The third-order valence-corrected chi connectivity index (χ3v) is 4.30. The van der Waals surface area contributed by atoms with E-state index >= 15 is 0 Å². The second-order valence-electron chi connectivity index (χ2n) is 5.85. The average molecular weight is 225 g/mol. The molecule has 0 saturated carbocycles. The van der Waals surface area contributed by atoms with E-state index in [1.165, 1.54) is 52.1 Å². The summed E-state index contributed by atoms with van der Waals surface area (Å²) >= 11 is 0. The molecule has 2 aliphatic rings. The van der Waals surface area contributed by atoms with E-state index in [-0.39, 0.29) is 0 Å². The Morgan fingerprint density at radius 2 is 1.62 bits per heavy atom. The number of piperazine rings is 1. The second kappa shape index (κ2) is 5.48. The van der Waals surface area contributed by atoms with Gasteiger partial charge in [0.2, 0.25) is 0 Å². The van der Waals surface area contributed by atoms with E-state index in [2.05, 4.69) is 35.7 Å². The van der Waals surface area contributed by atoms with Gasteiger partial charge < -0.3 is 9.80 Å². The van der Waals surface area contributed by atoms with Gasteiger partial charge in [0.1, 0.15) is 0 Å². The lowest BCUT2D eigenvalue weighted by molar-refractivity contribution is 0.0709. The maximum atomic E-state index is 2.70. The smallest absolute Gasteiger partial charge is 0.0195 e. The Bertz CT molecular complexity index is 211. The maximum absolute atomic E-state index is 2.70. The Kier molecular flexibility index (Phi) is 4.22. The van der Waals surface area contributed by atoms with Crippen molar-refractivity contribution in [2.45, 2.75) is 25.8 Å². The van der Waals surface area contributed by atoms with E-state index in [4.69, 9.17) is 0 Å². The third-order valence-electron chi connectivity index (χ3n) is 4.30. The highest BCUT2D eigenvalue weighted by Crippen LogP contribution is 2.19. The van der Waals surface area contributed by atoms with E-state index in [1.54, 1.807) is 0 Å². The van der Waals surface area contributed by atoms with Gasteiger partial charge in [-0.05, 0) is 52.9 Å². The molecule has 94 valence electrons. The maximum Gasteiger partial charge on any atom is 0.0195 e. The molecule has 16 heavy (non-hydrogen) atoms. The number of piperidine rings is 1. The summed E-state index contributed by atoms with van der Waals surface area (Å²) < 4.78 is 0.